The van der Waals surface area contributed by atoms with Crippen LogP contribution in [0.15, 0.2) is 29.1 Å². The monoisotopic (exact) mass is 504 g/mol. The second-order valence-electron chi connectivity index (χ2n) is 6.93. The molecule has 0 saturated carbocycles. The van der Waals surface area contributed by atoms with E-state index in [-0.39, 0.29) is 39.4 Å². The summed E-state index contributed by atoms with van der Waals surface area (Å²) in [5, 5.41) is 20.5. The average Bonchev–Trinajstić information content (AvgIpc) is 2.71. The Labute approximate surface area is 196 Å². The molecule has 2 unspecified atom stereocenters. The smallest absolute Gasteiger partial charge is 0.346 e. The molecule has 32 heavy (non-hydrogen) atoms. The van der Waals surface area contributed by atoms with Gasteiger partial charge in [0.05, 0.1) is 34.0 Å². The summed E-state index contributed by atoms with van der Waals surface area (Å²) >= 11 is 12.0. The number of aliphatic hydroxyl groups excluding tert-OH is 1. The summed E-state index contributed by atoms with van der Waals surface area (Å²) in [6, 6.07) is 3.33. The minimum atomic E-state index is -2.79. The van der Waals surface area contributed by atoms with E-state index >= 15 is 0 Å². The summed E-state index contributed by atoms with van der Waals surface area (Å²) in [6.07, 6.45) is -0.477. The zero-order chi connectivity index (χ0) is 24.0. The van der Waals surface area contributed by atoms with Gasteiger partial charge >= 0.3 is 14.1 Å². The number of aryl methyl sites for hydroxylation is 1. The quantitative estimate of drug-likeness (QED) is 0.295. The van der Waals surface area contributed by atoms with Gasteiger partial charge in [-0.1, -0.05) is 27.9 Å². The van der Waals surface area contributed by atoms with E-state index in [9.17, 15) is 19.9 Å². The lowest BCUT2D eigenvalue weighted by Crippen LogP contribution is -2.22. The molecule has 0 fully saturated rings. The van der Waals surface area contributed by atoms with Crippen LogP contribution in [0.2, 0.25) is 10.0 Å². The topological polar surface area (TPSA) is 134 Å². The fourth-order valence-corrected chi connectivity index (χ4v) is 3.51. The number of pyridine rings is 1. The third-order valence-electron chi connectivity index (χ3n) is 4.07. The standard InChI is InChI=1S/C20H23Cl2N2O7P/c1-10(2)29-19(27)12(4)24-32(28)31-20(30-13-5-6-16(21)17(22)7-13)14-8-23-11(3)18(26)15(14)9-25/h5-8,10,12,20,25-26H,9H2,1-4H3/t12-,20?/m0/s1. The number of esters is 1. The number of benzene rings is 1. The summed E-state index contributed by atoms with van der Waals surface area (Å²) in [6.45, 7) is 5.74. The van der Waals surface area contributed by atoms with Crippen molar-refractivity contribution >= 4 is 37.3 Å². The maximum atomic E-state index is 12.6. The number of ether oxygens (including phenoxy) is 2. The zero-order valence-corrected chi connectivity index (χ0v) is 20.2. The number of aromatic hydroxyl groups is 1. The maximum Gasteiger partial charge on any atom is 0.346 e. The Kier molecular flexibility index (Phi) is 9.64. The molecule has 0 aliphatic heterocycles. The molecule has 1 aromatic heterocycles. The molecule has 1 heterocycles. The third-order valence-corrected chi connectivity index (χ3v) is 5.71. The highest BCUT2D eigenvalue weighted by Crippen LogP contribution is 2.37. The molecule has 2 N–H and O–H groups in total. The first-order valence-corrected chi connectivity index (χ1v) is 11.4. The Morgan fingerprint density at radius 1 is 1.28 bits per heavy atom. The highest BCUT2D eigenvalue weighted by atomic mass is 35.5. The highest BCUT2D eigenvalue weighted by molar-refractivity contribution is 7.33. The molecule has 0 spiro atoms. The van der Waals surface area contributed by atoms with Crippen molar-refractivity contribution in [2.45, 2.75) is 52.7 Å². The van der Waals surface area contributed by atoms with E-state index < -0.39 is 33.1 Å². The van der Waals surface area contributed by atoms with Crippen LogP contribution in [-0.2, 0) is 20.7 Å². The van der Waals surface area contributed by atoms with Crippen LogP contribution in [0, 0.1) is 6.92 Å². The van der Waals surface area contributed by atoms with Crippen molar-refractivity contribution in [3.05, 3.63) is 51.3 Å². The second kappa shape index (κ2) is 11.7. The number of hydrogen-bond donors (Lipinski definition) is 2. The number of aliphatic hydroxyl groups is 1. The first kappa shape index (κ1) is 26.3. The van der Waals surface area contributed by atoms with Crippen LogP contribution < -0.4 is 9.63 Å². The number of hydrogen-bond acceptors (Lipinski definition) is 9. The van der Waals surface area contributed by atoms with E-state index in [0.717, 1.165) is 0 Å². The second-order valence-corrected chi connectivity index (χ2v) is 8.66. The molecular weight excluding hydrogens is 482 g/mol. The van der Waals surface area contributed by atoms with Gasteiger partial charge in [0.2, 0.25) is 0 Å². The van der Waals surface area contributed by atoms with Crippen molar-refractivity contribution < 1.29 is 33.9 Å². The summed E-state index contributed by atoms with van der Waals surface area (Å²) in [5.41, 5.74) is 0.445. The van der Waals surface area contributed by atoms with Crippen LogP contribution in [0.5, 0.6) is 11.5 Å². The predicted molar refractivity (Wildman–Crippen MR) is 118 cm³/mol. The van der Waals surface area contributed by atoms with Crippen LogP contribution in [0.1, 0.15) is 43.9 Å². The zero-order valence-electron chi connectivity index (χ0n) is 17.8. The van der Waals surface area contributed by atoms with Crippen molar-refractivity contribution in [1.82, 2.24) is 4.98 Å². The number of aromatic nitrogens is 1. The average molecular weight is 505 g/mol. The van der Waals surface area contributed by atoms with Gasteiger partial charge < -0.3 is 24.6 Å². The van der Waals surface area contributed by atoms with Gasteiger partial charge in [-0.3, -0.25) is 4.98 Å². The normalized spacial score (nSPS) is 13.7. The molecule has 3 atom stereocenters. The van der Waals surface area contributed by atoms with Crippen LogP contribution >= 0.6 is 31.4 Å². The van der Waals surface area contributed by atoms with E-state index in [0.29, 0.717) is 5.02 Å². The van der Waals surface area contributed by atoms with Crippen LogP contribution in [0.3, 0.4) is 0 Å². The fraction of sp³-hybridized carbons (Fsp3) is 0.400. The summed E-state index contributed by atoms with van der Waals surface area (Å²) in [4.78, 5) is 28.6. The van der Waals surface area contributed by atoms with Crippen molar-refractivity contribution in [3.63, 3.8) is 0 Å². The Hall–Kier alpha value is -2.00. The molecule has 0 bridgehead atoms. The maximum absolute atomic E-state index is 12.6. The van der Waals surface area contributed by atoms with Gasteiger partial charge in [0.1, 0.15) is 11.5 Å². The Bertz CT molecular complexity index is 1000. The van der Waals surface area contributed by atoms with Crippen molar-refractivity contribution in [2.75, 3.05) is 0 Å². The van der Waals surface area contributed by atoms with Crippen molar-refractivity contribution in [2.24, 2.45) is 4.74 Å². The van der Waals surface area contributed by atoms with Gasteiger partial charge in [-0.15, -0.1) is 4.52 Å². The number of nitrogens with zero attached hydrogens (tertiary/aromatic N) is 2. The molecule has 0 aliphatic carbocycles. The third kappa shape index (κ3) is 7.00. The number of carbonyl (C=O) groups is 1. The van der Waals surface area contributed by atoms with Crippen molar-refractivity contribution in [1.29, 1.82) is 0 Å². The molecule has 12 heteroatoms. The lowest BCUT2D eigenvalue weighted by molar-refractivity contribution is -0.189. The van der Waals surface area contributed by atoms with Gasteiger partial charge in [0.15, 0.2) is 6.04 Å². The molecule has 0 radical (unpaired) electrons. The molecule has 174 valence electrons. The fourth-order valence-electron chi connectivity index (χ4n) is 2.47. The SMILES string of the molecule is Cc1ncc(C(Oc2ccc(Cl)c(Cl)c2)O[P+]([O-])=N[C@@H](C)C(=O)OC(C)C)c(CO)c1O. The molecule has 0 saturated heterocycles. The van der Waals surface area contributed by atoms with Crippen LogP contribution in [-0.4, -0.2) is 33.3 Å². The lowest BCUT2D eigenvalue weighted by atomic mass is 10.1. The van der Waals surface area contributed by atoms with E-state index in [1.807, 2.05) is 0 Å². The molecule has 0 aliphatic rings. The summed E-state index contributed by atoms with van der Waals surface area (Å²) in [5.74, 6) is -0.735. The Morgan fingerprint density at radius 3 is 2.56 bits per heavy atom. The molecule has 2 aromatic rings. The van der Waals surface area contributed by atoms with Gasteiger partial charge in [0, 0.05) is 17.8 Å². The predicted octanol–water partition coefficient (Wildman–Crippen LogP) is 4.18. The van der Waals surface area contributed by atoms with E-state index in [1.165, 1.54) is 31.3 Å². The van der Waals surface area contributed by atoms with Crippen LogP contribution in [0.4, 0.5) is 0 Å². The van der Waals surface area contributed by atoms with Gasteiger partial charge in [-0.05, 0) is 39.8 Å². The number of carbonyl (C=O) groups excluding carboxylic acids is 1. The van der Waals surface area contributed by atoms with Gasteiger partial charge in [-0.2, -0.15) is 0 Å². The van der Waals surface area contributed by atoms with E-state index in [1.54, 1.807) is 20.8 Å². The summed E-state index contributed by atoms with van der Waals surface area (Å²) in [7, 11) is -2.79. The first-order chi connectivity index (χ1) is 15.0. The Balaban J connectivity index is 2.40. The van der Waals surface area contributed by atoms with E-state index in [2.05, 4.69) is 9.73 Å². The molecule has 0 amide bonds. The van der Waals surface area contributed by atoms with Crippen LogP contribution in [0.25, 0.3) is 0 Å². The highest BCUT2D eigenvalue weighted by Gasteiger charge is 2.28. The number of halogens is 2. The molecule has 1 aromatic carbocycles. The molecule has 2 rings (SSSR count). The lowest BCUT2D eigenvalue weighted by Gasteiger charge is -2.19. The Morgan fingerprint density at radius 2 is 1.97 bits per heavy atom. The first-order valence-electron chi connectivity index (χ1n) is 9.48. The van der Waals surface area contributed by atoms with Crippen molar-refractivity contribution in [3.8, 4) is 11.5 Å². The summed E-state index contributed by atoms with van der Waals surface area (Å²) < 4.78 is 20.1. The molecule has 9 nitrogen and oxygen atoms in total. The minimum absolute atomic E-state index is 0.0678. The van der Waals surface area contributed by atoms with Gasteiger partial charge in [0.25, 0.3) is 6.29 Å². The largest absolute Gasteiger partial charge is 0.583 e. The number of rotatable bonds is 9. The molecular formula is C20H23Cl2N2O7P. The van der Waals surface area contributed by atoms with E-state index in [4.69, 9.17) is 37.2 Å². The van der Waals surface area contributed by atoms with Gasteiger partial charge in [-0.25, -0.2) is 4.79 Å². The minimum Gasteiger partial charge on any atom is -0.583 e.